The SMILES string of the molecule is COC(=O)c1ncc(C(O)C(O)CN)cn1. The second-order valence-corrected chi connectivity index (χ2v) is 3.08. The molecular formula is C9H13N3O4. The summed E-state index contributed by atoms with van der Waals surface area (Å²) in [4.78, 5) is 18.4. The summed E-state index contributed by atoms with van der Waals surface area (Å²) in [5.74, 6) is -0.777. The van der Waals surface area contributed by atoms with Crippen LogP contribution >= 0.6 is 0 Å². The quantitative estimate of drug-likeness (QED) is 0.542. The molecule has 88 valence electrons. The van der Waals surface area contributed by atoms with Crippen LogP contribution in [-0.4, -0.2) is 45.9 Å². The molecule has 4 N–H and O–H groups in total. The Hall–Kier alpha value is -1.57. The molecule has 7 heteroatoms. The third-order valence-electron chi connectivity index (χ3n) is 1.99. The number of nitrogens with zero attached hydrogens (tertiary/aromatic N) is 2. The predicted molar refractivity (Wildman–Crippen MR) is 53.4 cm³/mol. The molecule has 16 heavy (non-hydrogen) atoms. The fraction of sp³-hybridized carbons (Fsp3) is 0.444. The largest absolute Gasteiger partial charge is 0.463 e. The molecule has 0 spiro atoms. The Morgan fingerprint density at radius 1 is 1.50 bits per heavy atom. The van der Waals surface area contributed by atoms with E-state index in [9.17, 15) is 15.0 Å². The highest BCUT2D eigenvalue weighted by atomic mass is 16.5. The van der Waals surface area contributed by atoms with Crippen LogP contribution in [0.15, 0.2) is 12.4 Å². The number of carbonyl (C=O) groups is 1. The number of methoxy groups -OCH3 is 1. The average Bonchev–Trinajstić information content (AvgIpc) is 2.36. The number of carbonyl (C=O) groups excluding carboxylic acids is 1. The summed E-state index contributed by atoms with van der Waals surface area (Å²) in [6.45, 7) is -0.0834. The zero-order valence-corrected chi connectivity index (χ0v) is 8.70. The molecule has 0 radical (unpaired) electrons. The number of nitrogens with two attached hydrogens (primary N) is 1. The van der Waals surface area contributed by atoms with Crippen molar-refractivity contribution in [3.63, 3.8) is 0 Å². The predicted octanol–water partition coefficient (Wildman–Crippen LogP) is -1.38. The molecule has 1 rings (SSSR count). The number of hydrogen-bond acceptors (Lipinski definition) is 7. The van der Waals surface area contributed by atoms with E-state index in [1.54, 1.807) is 0 Å². The first-order valence-electron chi connectivity index (χ1n) is 4.56. The van der Waals surface area contributed by atoms with E-state index < -0.39 is 18.2 Å². The van der Waals surface area contributed by atoms with E-state index in [1.807, 2.05) is 0 Å². The van der Waals surface area contributed by atoms with E-state index in [1.165, 1.54) is 19.5 Å². The molecule has 0 amide bonds. The van der Waals surface area contributed by atoms with Gasteiger partial charge < -0.3 is 20.7 Å². The van der Waals surface area contributed by atoms with Crippen LogP contribution in [0.25, 0.3) is 0 Å². The van der Waals surface area contributed by atoms with Gasteiger partial charge in [-0.1, -0.05) is 0 Å². The molecule has 0 saturated heterocycles. The fourth-order valence-electron chi connectivity index (χ4n) is 1.04. The third kappa shape index (κ3) is 2.72. The molecule has 1 aromatic rings. The van der Waals surface area contributed by atoms with Gasteiger partial charge in [-0.05, 0) is 0 Å². The van der Waals surface area contributed by atoms with Crippen LogP contribution in [0.3, 0.4) is 0 Å². The summed E-state index contributed by atoms with van der Waals surface area (Å²) >= 11 is 0. The Bertz CT molecular complexity index is 354. The van der Waals surface area contributed by atoms with E-state index in [-0.39, 0.29) is 17.9 Å². The van der Waals surface area contributed by atoms with E-state index in [0.29, 0.717) is 0 Å². The highest BCUT2D eigenvalue weighted by Crippen LogP contribution is 2.14. The maximum absolute atomic E-state index is 11.0. The van der Waals surface area contributed by atoms with Crippen molar-refractivity contribution in [3.8, 4) is 0 Å². The Kier molecular flexibility index (Phi) is 4.29. The van der Waals surface area contributed by atoms with Gasteiger partial charge in [0, 0.05) is 24.5 Å². The van der Waals surface area contributed by atoms with E-state index in [2.05, 4.69) is 14.7 Å². The van der Waals surface area contributed by atoms with Gasteiger partial charge in [-0.25, -0.2) is 14.8 Å². The minimum Gasteiger partial charge on any atom is -0.463 e. The Labute approximate surface area is 91.9 Å². The first-order valence-corrected chi connectivity index (χ1v) is 4.56. The number of ether oxygens (including phenoxy) is 1. The lowest BCUT2D eigenvalue weighted by atomic mass is 10.1. The van der Waals surface area contributed by atoms with Gasteiger partial charge in [-0.3, -0.25) is 0 Å². The molecule has 2 unspecified atom stereocenters. The molecule has 1 heterocycles. The lowest BCUT2D eigenvalue weighted by Gasteiger charge is -2.15. The number of aliphatic hydroxyl groups excluding tert-OH is 2. The molecule has 0 aliphatic heterocycles. The van der Waals surface area contributed by atoms with Crippen LogP contribution in [-0.2, 0) is 4.74 Å². The second-order valence-electron chi connectivity index (χ2n) is 3.08. The Balaban J connectivity index is 2.82. The zero-order chi connectivity index (χ0) is 12.1. The lowest BCUT2D eigenvalue weighted by molar-refractivity contribution is 0.0238. The highest BCUT2D eigenvalue weighted by Gasteiger charge is 2.18. The number of rotatable bonds is 4. The summed E-state index contributed by atoms with van der Waals surface area (Å²) in [7, 11) is 1.21. The normalized spacial score (nSPS) is 14.2. The van der Waals surface area contributed by atoms with Gasteiger partial charge in [0.2, 0.25) is 5.82 Å². The van der Waals surface area contributed by atoms with Gasteiger partial charge in [-0.15, -0.1) is 0 Å². The van der Waals surface area contributed by atoms with Crippen molar-refractivity contribution in [2.75, 3.05) is 13.7 Å². The molecule has 0 aliphatic carbocycles. The third-order valence-corrected chi connectivity index (χ3v) is 1.99. The van der Waals surface area contributed by atoms with Crippen LogP contribution < -0.4 is 5.73 Å². The van der Waals surface area contributed by atoms with E-state index >= 15 is 0 Å². The second kappa shape index (κ2) is 5.50. The van der Waals surface area contributed by atoms with Gasteiger partial charge in [0.15, 0.2) is 0 Å². The minimum atomic E-state index is -1.17. The molecule has 0 aliphatic rings. The number of hydrogen-bond donors (Lipinski definition) is 3. The van der Waals surface area contributed by atoms with Crippen molar-refractivity contribution in [2.45, 2.75) is 12.2 Å². The van der Waals surface area contributed by atoms with Gasteiger partial charge in [-0.2, -0.15) is 0 Å². The molecular weight excluding hydrogens is 214 g/mol. The van der Waals surface area contributed by atoms with Gasteiger partial charge in [0.05, 0.1) is 13.2 Å². The maximum Gasteiger partial charge on any atom is 0.376 e. The van der Waals surface area contributed by atoms with Gasteiger partial charge in [0.1, 0.15) is 6.10 Å². The van der Waals surface area contributed by atoms with Crippen molar-refractivity contribution < 1.29 is 19.7 Å². The van der Waals surface area contributed by atoms with Crippen molar-refractivity contribution in [1.29, 1.82) is 0 Å². The first-order chi connectivity index (χ1) is 7.60. The Morgan fingerprint density at radius 2 is 2.06 bits per heavy atom. The van der Waals surface area contributed by atoms with Gasteiger partial charge in [0.25, 0.3) is 0 Å². The lowest BCUT2D eigenvalue weighted by Crippen LogP contribution is -2.27. The molecule has 7 nitrogen and oxygen atoms in total. The fourth-order valence-corrected chi connectivity index (χ4v) is 1.04. The van der Waals surface area contributed by atoms with Crippen molar-refractivity contribution in [3.05, 3.63) is 23.8 Å². The van der Waals surface area contributed by atoms with Gasteiger partial charge >= 0.3 is 5.97 Å². The summed E-state index contributed by atoms with van der Waals surface area (Å²) in [5, 5.41) is 18.8. The summed E-state index contributed by atoms with van der Waals surface area (Å²) < 4.78 is 4.41. The maximum atomic E-state index is 11.0. The van der Waals surface area contributed by atoms with Crippen LogP contribution in [0, 0.1) is 0 Å². The van der Waals surface area contributed by atoms with Crippen LogP contribution in [0.2, 0.25) is 0 Å². The molecule has 0 aromatic carbocycles. The molecule has 0 bridgehead atoms. The van der Waals surface area contributed by atoms with Crippen LogP contribution in [0.5, 0.6) is 0 Å². The number of esters is 1. The monoisotopic (exact) mass is 227 g/mol. The average molecular weight is 227 g/mol. The van der Waals surface area contributed by atoms with Crippen molar-refractivity contribution in [1.82, 2.24) is 9.97 Å². The van der Waals surface area contributed by atoms with Crippen molar-refractivity contribution >= 4 is 5.97 Å². The van der Waals surface area contributed by atoms with Crippen molar-refractivity contribution in [2.24, 2.45) is 5.73 Å². The standard InChI is InChI=1S/C9H13N3O4/c1-16-9(15)8-11-3-5(4-12-8)7(14)6(13)2-10/h3-4,6-7,13-14H,2,10H2,1H3. The summed E-state index contributed by atoms with van der Waals surface area (Å²) in [6, 6.07) is 0. The topological polar surface area (TPSA) is 119 Å². The van der Waals surface area contributed by atoms with E-state index in [0.717, 1.165) is 0 Å². The summed E-state index contributed by atoms with van der Waals surface area (Å²) in [5.41, 5.74) is 5.47. The van der Waals surface area contributed by atoms with Crippen LogP contribution in [0.4, 0.5) is 0 Å². The van der Waals surface area contributed by atoms with E-state index in [4.69, 9.17) is 5.73 Å². The first kappa shape index (κ1) is 12.5. The summed E-state index contributed by atoms with van der Waals surface area (Å²) in [6.07, 6.45) is 0.218. The van der Waals surface area contributed by atoms with Crippen LogP contribution in [0.1, 0.15) is 22.3 Å². The Morgan fingerprint density at radius 3 is 2.50 bits per heavy atom. The number of aliphatic hydroxyl groups is 2. The highest BCUT2D eigenvalue weighted by molar-refractivity contribution is 5.84. The molecule has 2 atom stereocenters. The zero-order valence-electron chi connectivity index (χ0n) is 8.70. The molecule has 0 fully saturated rings. The minimum absolute atomic E-state index is 0.0834. The number of aromatic nitrogens is 2. The molecule has 1 aromatic heterocycles. The smallest absolute Gasteiger partial charge is 0.376 e. The molecule has 0 saturated carbocycles.